The molecular weight excluding hydrogens is 202 g/mol. The van der Waals surface area contributed by atoms with Crippen molar-refractivity contribution in [2.24, 2.45) is 0 Å². The number of nitrogens with zero attached hydrogens (tertiary/aromatic N) is 1. The summed E-state index contributed by atoms with van der Waals surface area (Å²) in [5.41, 5.74) is 1.19. The Morgan fingerprint density at radius 3 is 2.75 bits per heavy atom. The first kappa shape index (κ1) is 11.1. The molecule has 0 bridgehead atoms. The number of carbonyl (C=O) groups excluding carboxylic acids is 1. The summed E-state index contributed by atoms with van der Waals surface area (Å²) in [6, 6.07) is 10.0. The standard InChI is InChI=1S/C13H17NO2/c15-12-8-9-14(10-12)13(16)7-6-11-4-2-1-3-5-11/h1-5,12,15H,6-10H2/t12-/m0/s1. The lowest BCUT2D eigenvalue weighted by molar-refractivity contribution is -0.130. The molecule has 0 aromatic heterocycles. The summed E-state index contributed by atoms with van der Waals surface area (Å²) in [7, 11) is 0. The maximum atomic E-state index is 11.8. The zero-order valence-electron chi connectivity index (χ0n) is 9.30. The zero-order valence-corrected chi connectivity index (χ0v) is 9.30. The SMILES string of the molecule is O=C(CCc1ccccc1)N1CC[C@H](O)C1. The number of hydrogen-bond donors (Lipinski definition) is 1. The first-order valence-electron chi connectivity index (χ1n) is 5.75. The van der Waals surface area contributed by atoms with Gasteiger partial charge >= 0.3 is 0 Å². The first-order chi connectivity index (χ1) is 7.75. The number of hydrogen-bond acceptors (Lipinski definition) is 2. The molecule has 1 aromatic carbocycles. The molecule has 0 aliphatic carbocycles. The third kappa shape index (κ3) is 2.83. The van der Waals surface area contributed by atoms with Gasteiger partial charge in [-0.2, -0.15) is 0 Å². The number of amides is 1. The van der Waals surface area contributed by atoms with Gasteiger partial charge in [0.1, 0.15) is 0 Å². The molecule has 1 atom stereocenters. The van der Waals surface area contributed by atoms with Gasteiger partial charge in [0.05, 0.1) is 6.10 Å². The number of β-amino-alcohol motifs (C(OH)–C–C–N with tert-alkyl or cyclic N) is 1. The Hall–Kier alpha value is -1.35. The third-order valence-electron chi connectivity index (χ3n) is 2.99. The van der Waals surface area contributed by atoms with E-state index in [-0.39, 0.29) is 12.0 Å². The predicted octanol–water partition coefficient (Wildman–Crippen LogP) is 1.21. The fourth-order valence-electron chi connectivity index (χ4n) is 2.02. The number of likely N-dealkylation sites (tertiary alicyclic amines) is 1. The summed E-state index contributed by atoms with van der Waals surface area (Å²) in [6.45, 7) is 1.21. The fourth-order valence-corrected chi connectivity index (χ4v) is 2.02. The van der Waals surface area contributed by atoms with E-state index in [1.54, 1.807) is 4.90 Å². The van der Waals surface area contributed by atoms with E-state index < -0.39 is 0 Å². The molecule has 0 unspecified atom stereocenters. The molecule has 0 radical (unpaired) electrons. The highest BCUT2D eigenvalue weighted by Crippen LogP contribution is 2.11. The number of aryl methyl sites for hydroxylation is 1. The highest BCUT2D eigenvalue weighted by Gasteiger charge is 2.23. The van der Waals surface area contributed by atoms with E-state index in [9.17, 15) is 9.90 Å². The lowest BCUT2D eigenvalue weighted by Gasteiger charge is -2.15. The molecule has 1 aliphatic rings. The molecule has 0 spiro atoms. The van der Waals surface area contributed by atoms with Crippen LogP contribution in [0.2, 0.25) is 0 Å². The topological polar surface area (TPSA) is 40.5 Å². The second kappa shape index (κ2) is 5.12. The zero-order chi connectivity index (χ0) is 11.4. The molecule has 1 heterocycles. The van der Waals surface area contributed by atoms with Crippen molar-refractivity contribution in [2.75, 3.05) is 13.1 Å². The molecule has 1 N–H and O–H groups in total. The molecule has 1 amide bonds. The van der Waals surface area contributed by atoms with Gasteiger partial charge < -0.3 is 10.0 Å². The van der Waals surface area contributed by atoms with Gasteiger partial charge in [-0.05, 0) is 18.4 Å². The number of aliphatic hydroxyl groups excluding tert-OH is 1. The van der Waals surface area contributed by atoms with Gasteiger partial charge in [-0.1, -0.05) is 30.3 Å². The molecule has 1 saturated heterocycles. The molecule has 86 valence electrons. The van der Waals surface area contributed by atoms with Gasteiger partial charge in [-0.15, -0.1) is 0 Å². The van der Waals surface area contributed by atoms with Gasteiger partial charge in [0.25, 0.3) is 0 Å². The molecule has 0 saturated carbocycles. The van der Waals surface area contributed by atoms with Crippen LogP contribution >= 0.6 is 0 Å². The number of carbonyl (C=O) groups is 1. The quantitative estimate of drug-likeness (QED) is 0.830. The van der Waals surface area contributed by atoms with Gasteiger partial charge in [-0.3, -0.25) is 4.79 Å². The van der Waals surface area contributed by atoms with E-state index in [1.165, 1.54) is 5.56 Å². The molecule has 16 heavy (non-hydrogen) atoms. The van der Waals surface area contributed by atoms with Crippen LogP contribution in [-0.4, -0.2) is 35.1 Å². The van der Waals surface area contributed by atoms with E-state index in [4.69, 9.17) is 0 Å². The van der Waals surface area contributed by atoms with Crippen molar-refractivity contribution in [3.8, 4) is 0 Å². The first-order valence-corrected chi connectivity index (χ1v) is 5.75. The number of rotatable bonds is 3. The average molecular weight is 219 g/mol. The average Bonchev–Trinajstić information content (AvgIpc) is 2.74. The maximum absolute atomic E-state index is 11.8. The van der Waals surface area contributed by atoms with Crippen LogP contribution < -0.4 is 0 Å². The smallest absolute Gasteiger partial charge is 0.222 e. The van der Waals surface area contributed by atoms with E-state index in [2.05, 4.69) is 0 Å². The number of aliphatic hydroxyl groups is 1. The molecule has 1 aromatic rings. The second-order valence-electron chi connectivity index (χ2n) is 4.27. The van der Waals surface area contributed by atoms with Gasteiger partial charge in [0, 0.05) is 19.5 Å². The van der Waals surface area contributed by atoms with Crippen molar-refractivity contribution >= 4 is 5.91 Å². The van der Waals surface area contributed by atoms with Gasteiger partial charge in [-0.25, -0.2) is 0 Å². The lowest BCUT2D eigenvalue weighted by atomic mass is 10.1. The van der Waals surface area contributed by atoms with Gasteiger partial charge in [0.15, 0.2) is 0 Å². The largest absolute Gasteiger partial charge is 0.391 e. The van der Waals surface area contributed by atoms with Crippen LogP contribution in [0, 0.1) is 0 Å². The van der Waals surface area contributed by atoms with Crippen LogP contribution in [0.15, 0.2) is 30.3 Å². The summed E-state index contributed by atoms with van der Waals surface area (Å²) in [5.74, 6) is 0.153. The highest BCUT2D eigenvalue weighted by atomic mass is 16.3. The molecule has 3 heteroatoms. The van der Waals surface area contributed by atoms with Crippen LogP contribution in [-0.2, 0) is 11.2 Å². The van der Waals surface area contributed by atoms with Crippen LogP contribution in [0.3, 0.4) is 0 Å². The molecule has 3 nitrogen and oxygen atoms in total. The molecule has 1 aliphatic heterocycles. The van der Waals surface area contributed by atoms with Crippen molar-refractivity contribution in [1.82, 2.24) is 4.90 Å². The van der Waals surface area contributed by atoms with E-state index >= 15 is 0 Å². The summed E-state index contributed by atoms with van der Waals surface area (Å²) in [6.07, 6.45) is 1.72. The Labute approximate surface area is 95.7 Å². The Bertz CT molecular complexity index is 350. The maximum Gasteiger partial charge on any atom is 0.222 e. The highest BCUT2D eigenvalue weighted by molar-refractivity contribution is 5.76. The minimum Gasteiger partial charge on any atom is -0.391 e. The number of benzene rings is 1. The minimum atomic E-state index is -0.319. The van der Waals surface area contributed by atoms with E-state index in [0.717, 1.165) is 12.8 Å². The Kier molecular flexibility index (Phi) is 3.57. The summed E-state index contributed by atoms with van der Waals surface area (Å²) in [4.78, 5) is 13.5. The van der Waals surface area contributed by atoms with Crippen molar-refractivity contribution in [1.29, 1.82) is 0 Å². The van der Waals surface area contributed by atoms with Crippen molar-refractivity contribution in [3.05, 3.63) is 35.9 Å². The Balaban J connectivity index is 1.80. The van der Waals surface area contributed by atoms with Crippen LogP contribution in [0.4, 0.5) is 0 Å². The molecular formula is C13H17NO2. The van der Waals surface area contributed by atoms with E-state index in [1.807, 2.05) is 30.3 Å². The normalized spacial score (nSPS) is 20.1. The second-order valence-corrected chi connectivity index (χ2v) is 4.27. The molecule has 2 rings (SSSR count). The third-order valence-corrected chi connectivity index (χ3v) is 2.99. The summed E-state index contributed by atoms with van der Waals surface area (Å²) >= 11 is 0. The fraction of sp³-hybridized carbons (Fsp3) is 0.462. The van der Waals surface area contributed by atoms with Crippen molar-refractivity contribution in [3.63, 3.8) is 0 Å². The predicted molar refractivity (Wildman–Crippen MR) is 62.0 cm³/mol. The lowest BCUT2D eigenvalue weighted by Crippen LogP contribution is -2.29. The van der Waals surface area contributed by atoms with Crippen molar-refractivity contribution in [2.45, 2.75) is 25.4 Å². The van der Waals surface area contributed by atoms with E-state index in [0.29, 0.717) is 19.5 Å². The van der Waals surface area contributed by atoms with Crippen LogP contribution in [0.25, 0.3) is 0 Å². The monoisotopic (exact) mass is 219 g/mol. The Morgan fingerprint density at radius 2 is 2.12 bits per heavy atom. The van der Waals surface area contributed by atoms with Crippen LogP contribution in [0.1, 0.15) is 18.4 Å². The Morgan fingerprint density at radius 1 is 1.38 bits per heavy atom. The van der Waals surface area contributed by atoms with Crippen molar-refractivity contribution < 1.29 is 9.90 Å². The molecule has 1 fully saturated rings. The minimum absolute atomic E-state index is 0.153. The van der Waals surface area contributed by atoms with Gasteiger partial charge in [0.2, 0.25) is 5.91 Å². The summed E-state index contributed by atoms with van der Waals surface area (Å²) < 4.78 is 0. The van der Waals surface area contributed by atoms with Crippen LogP contribution in [0.5, 0.6) is 0 Å². The summed E-state index contributed by atoms with van der Waals surface area (Å²) in [5, 5.41) is 9.34.